The molecule has 8 nitrogen and oxygen atoms in total. The number of alkyl carbamates (subject to hydrolysis) is 1. The van der Waals surface area contributed by atoms with E-state index in [2.05, 4.69) is 10.2 Å². The van der Waals surface area contributed by atoms with Crippen LogP contribution in [0.15, 0.2) is 63.8 Å². The number of nitrogens with one attached hydrogen (secondary N) is 1. The third kappa shape index (κ3) is 4.65. The van der Waals surface area contributed by atoms with Crippen LogP contribution in [0.4, 0.5) is 10.7 Å². The largest absolute Gasteiger partial charge is 0.444 e. The van der Waals surface area contributed by atoms with Crippen LogP contribution in [-0.2, 0) is 17.3 Å². The Labute approximate surface area is 234 Å². The molecule has 8 heteroatoms. The number of carbonyl (C=O) groups is 1. The van der Waals surface area contributed by atoms with Gasteiger partial charge in [0.25, 0.3) is 5.56 Å². The Morgan fingerprint density at radius 2 is 1.65 bits per heavy atom. The SMILES string of the molecule is Cn1c(N2CCCC2)nc2oc(-c3ccc(C4(NC(=O)OC(C)(C)C)CCC4)cc3)c(-c3ccccc3)c2c1=O. The summed E-state index contributed by atoms with van der Waals surface area (Å²) in [6.07, 6.45) is 4.51. The molecule has 0 unspecified atom stereocenters. The first kappa shape index (κ1) is 26.2. The van der Waals surface area contributed by atoms with Crippen LogP contribution < -0.4 is 15.8 Å². The summed E-state index contributed by atoms with van der Waals surface area (Å²) < 4.78 is 13.6. The van der Waals surface area contributed by atoms with Gasteiger partial charge < -0.3 is 19.4 Å². The van der Waals surface area contributed by atoms with Crippen molar-refractivity contribution in [1.82, 2.24) is 14.9 Å². The average Bonchev–Trinajstić information content (AvgIpc) is 3.56. The minimum Gasteiger partial charge on any atom is -0.444 e. The molecule has 4 aromatic rings. The van der Waals surface area contributed by atoms with E-state index in [-0.39, 0.29) is 5.56 Å². The number of nitrogens with zero attached hydrogens (tertiary/aromatic N) is 3. The molecule has 1 amide bonds. The summed E-state index contributed by atoms with van der Waals surface area (Å²) in [7, 11) is 1.79. The van der Waals surface area contributed by atoms with Crippen LogP contribution in [0.2, 0.25) is 0 Å². The molecule has 0 spiro atoms. The summed E-state index contributed by atoms with van der Waals surface area (Å²) in [6.45, 7) is 7.35. The zero-order valence-electron chi connectivity index (χ0n) is 23.6. The van der Waals surface area contributed by atoms with Crippen LogP contribution in [0.1, 0.15) is 58.4 Å². The lowest BCUT2D eigenvalue weighted by atomic mass is 9.71. The van der Waals surface area contributed by atoms with Gasteiger partial charge in [-0.1, -0.05) is 54.6 Å². The van der Waals surface area contributed by atoms with E-state index in [0.717, 1.165) is 67.4 Å². The van der Waals surface area contributed by atoms with E-state index in [1.807, 2.05) is 75.4 Å². The van der Waals surface area contributed by atoms with Crippen LogP contribution in [-0.4, -0.2) is 34.3 Å². The van der Waals surface area contributed by atoms with E-state index < -0.39 is 17.2 Å². The molecule has 40 heavy (non-hydrogen) atoms. The van der Waals surface area contributed by atoms with E-state index in [9.17, 15) is 9.59 Å². The van der Waals surface area contributed by atoms with E-state index in [4.69, 9.17) is 14.1 Å². The molecular formula is C32H36N4O4. The Morgan fingerprint density at radius 1 is 0.975 bits per heavy atom. The van der Waals surface area contributed by atoms with Gasteiger partial charge in [-0.3, -0.25) is 9.36 Å². The summed E-state index contributed by atoms with van der Waals surface area (Å²) in [5.41, 5.74) is 2.74. The van der Waals surface area contributed by atoms with Crippen LogP contribution in [0.3, 0.4) is 0 Å². The smallest absolute Gasteiger partial charge is 0.408 e. The number of ether oxygens (including phenoxy) is 1. The van der Waals surface area contributed by atoms with Gasteiger partial charge in [0.15, 0.2) is 0 Å². The highest BCUT2D eigenvalue weighted by atomic mass is 16.6. The van der Waals surface area contributed by atoms with Crippen LogP contribution in [0, 0.1) is 0 Å². The summed E-state index contributed by atoms with van der Waals surface area (Å²) >= 11 is 0. The fourth-order valence-electron chi connectivity index (χ4n) is 5.86. The third-order valence-electron chi connectivity index (χ3n) is 8.01. The molecule has 2 aliphatic rings. The monoisotopic (exact) mass is 540 g/mol. The lowest BCUT2D eigenvalue weighted by molar-refractivity contribution is 0.0377. The van der Waals surface area contributed by atoms with Gasteiger partial charge in [0, 0.05) is 31.3 Å². The Balaban J connectivity index is 1.43. The summed E-state index contributed by atoms with van der Waals surface area (Å²) in [4.78, 5) is 33.4. The Morgan fingerprint density at radius 3 is 2.25 bits per heavy atom. The van der Waals surface area contributed by atoms with Crippen molar-refractivity contribution in [3.8, 4) is 22.5 Å². The molecule has 1 aliphatic carbocycles. The van der Waals surface area contributed by atoms with Crippen LogP contribution >= 0.6 is 0 Å². The molecule has 2 aromatic carbocycles. The number of anilines is 1. The summed E-state index contributed by atoms with van der Waals surface area (Å²) in [5.74, 6) is 1.25. The van der Waals surface area contributed by atoms with Gasteiger partial charge in [-0.25, -0.2) is 4.79 Å². The highest BCUT2D eigenvalue weighted by Crippen LogP contribution is 2.44. The van der Waals surface area contributed by atoms with Crippen molar-refractivity contribution in [3.05, 3.63) is 70.5 Å². The van der Waals surface area contributed by atoms with Crippen molar-refractivity contribution in [3.63, 3.8) is 0 Å². The van der Waals surface area contributed by atoms with Gasteiger partial charge in [0.2, 0.25) is 11.7 Å². The van der Waals surface area contributed by atoms with Gasteiger partial charge >= 0.3 is 6.09 Å². The second-order valence-corrected chi connectivity index (χ2v) is 12.0. The molecule has 1 N–H and O–H groups in total. The van der Waals surface area contributed by atoms with E-state index in [1.165, 1.54) is 0 Å². The topological polar surface area (TPSA) is 89.6 Å². The van der Waals surface area contributed by atoms with Gasteiger partial charge in [0.1, 0.15) is 16.7 Å². The van der Waals surface area contributed by atoms with Gasteiger partial charge in [0.05, 0.1) is 5.54 Å². The molecule has 1 aliphatic heterocycles. The van der Waals surface area contributed by atoms with Crippen molar-refractivity contribution < 1.29 is 13.9 Å². The number of fused-ring (bicyclic) bond motifs is 1. The first-order valence-corrected chi connectivity index (χ1v) is 14.1. The zero-order valence-corrected chi connectivity index (χ0v) is 23.6. The van der Waals surface area contributed by atoms with Crippen molar-refractivity contribution in [2.24, 2.45) is 7.05 Å². The predicted octanol–water partition coefficient (Wildman–Crippen LogP) is 6.36. The molecule has 2 aromatic heterocycles. The highest BCUT2D eigenvalue weighted by molar-refractivity contribution is 6.00. The average molecular weight is 541 g/mol. The number of carbonyl (C=O) groups excluding carboxylic acids is 1. The number of hydrogen-bond donors (Lipinski definition) is 1. The van der Waals surface area contributed by atoms with Crippen molar-refractivity contribution in [2.75, 3.05) is 18.0 Å². The molecule has 3 heterocycles. The molecule has 0 bridgehead atoms. The zero-order chi connectivity index (χ0) is 28.1. The molecule has 1 saturated carbocycles. The molecule has 6 rings (SSSR count). The second kappa shape index (κ2) is 9.84. The first-order valence-electron chi connectivity index (χ1n) is 14.1. The molecule has 208 valence electrons. The summed E-state index contributed by atoms with van der Waals surface area (Å²) in [5, 5.41) is 3.61. The normalized spacial score (nSPS) is 16.6. The quantitative estimate of drug-likeness (QED) is 0.317. The number of furan rings is 1. The minimum atomic E-state index is -0.562. The maximum absolute atomic E-state index is 13.8. The molecule has 0 radical (unpaired) electrons. The number of amides is 1. The summed E-state index contributed by atoms with van der Waals surface area (Å²) in [6, 6.07) is 17.9. The fourth-order valence-corrected chi connectivity index (χ4v) is 5.86. The van der Waals surface area contributed by atoms with Crippen molar-refractivity contribution in [1.29, 1.82) is 0 Å². The highest BCUT2D eigenvalue weighted by Gasteiger charge is 2.41. The van der Waals surface area contributed by atoms with E-state index in [0.29, 0.717) is 22.8 Å². The van der Waals surface area contributed by atoms with Gasteiger partial charge in [-0.2, -0.15) is 4.98 Å². The fraction of sp³-hybridized carbons (Fsp3) is 0.406. The first-order chi connectivity index (χ1) is 19.2. The number of benzene rings is 2. The Kier molecular flexibility index (Phi) is 6.44. The van der Waals surface area contributed by atoms with Gasteiger partial charge in [-0.05, 0) is 64.0 Å². The number of aromatic nitrogens is 2. The Bertz CT molecular complexity index is 1600. The Hall–Kier alpha value is -4.07. The van der Waals surface area contributed by atoms with Gasteiger partial charge in [-0.15, -0.1) is 0 Å². The molecule has 0 atom stereocenters. The number of rotatable bonds is 5. The van der Waals surface area contributed by atoms with Crippen LogP contribution in [0.25, 0.3) is 33.6 Å². The van der Waals surface area contributed by atoms with E-state index >= 15 is 0 Å². The maximum Gasteiger partial charge on any atom is 0.408 e. The maximum atomic E-state index is 13.8. The molecular weight excluding hydrogens is 504 g/mol. The predicted molar refractivity (Wildman–Crippen MR) is 156 cm³/mol. The number of hydrogen-bond acceptors (Lipinski definition) is 6. The lowest BCUT2D eigenvalue weighted by Gasteiger charge is -2.43. The van der Waals surface area contributed by atoms with Crippen molar-refractivity contribution >= 4 is 23.1 Å². The van der Waals surface area contributed by atoms with E-state index in [1.54, 1.807) is 11.6 Å². The van der Waals surface area contributed by atoms with Crippen molar-refractivity contribution in [2.45, 2.75) is 64.0 Å². The third-order valence-corrected chi connectivity index (χ3v) is 8.01. The minimum absolute atomic E-state index is 0.118. The second-order valence-electron chi connectivity index (χ2n) is 12.0. The molecule has 2 fully saturated rings. The van der Waals surface area contributed by atoms with Crippen LogP contribution in [0.5, 0.6) is 0 Å². The molecule has 1 saturated heterocycles. The standard InChI is InChI=1S/C32H36N4O4/c1-31(2,3)40-30(38)34-32(17-10-18-32)23-15-13-22(14-16-23)26-24(21-11-6-5-7-12-21)25-27(39-26)33-29(35(4)28(25)37)36-19-8-9-20-36/h5-7,11-16H,8-10,17-20H2,1-4H3,(H,34,38). The lowest BCUT2D eigenvalue weighted by Crippen LogP contribution is -2.52.